The molecule has 2 aromatic rings. The normalized spacial score (nSPS) is 10.2. The van der Waals surface area contributed by atoms with E-state index in [1.165, 1.54) is 0 Å². The monoisotopic (exact) mass is 417 g/mol. The quantitative estimate of drug-likeness (QED) is 0.749. The Bertz CT molecular complexity index is 662. The number of nitrogens with one attached hydrogen (secondary N) is 1. The summed E-state index contributed by atoms with van der Waals surface area (Å²) in [5.41, 5.74) is 1.14. The van der Waals surface area contributed by atoms with Gasteiger partial charge in [-0.25, -0.2) is 0 Å². The van der Waals surface area contributed by atoms with Crippen molar-refractivity contribution in [3.63, 3.8) is 0 Å². The van der Waals surface area contributed by atoms with E-state index < -0.39 is 0 Å². The summed E-state index contributed by atoms with van der Waals surface area (Å²) in [4.78, 5) is 12.2. The van der Waals surface area contributed by atoms with E-state index in [-0.39, 0.29) is 5.91 Å². The van der Waals surface area contributed by atoms with Gasteiger partial charge >= 0.3 is 0 Å². The molecule has 0 atom stereocenters. The Hall–Kier alpha value is -1.04. The number of ether oxygens (including phenoxy) is 1. The van der Waals surface area contributed by atoms with Gasteiger partial charge in [-0.2, -0.15) is 0 Å². The van der Waals surface area contributed by atoms with Crippen LogP contribution in [0, 0.1) is 0 Å². The molecule has 0 aliphatic heterocycles. The molecule has 0 aliphatic rings. The second-order valence-corrected chi connectivity index (χ2v) is 5.96. The first kappa shape index (κ1) is 15.4. The molecule has 0 saturated carbocycles. The van der Waals surface area contributed by atoms with Crippen LogP contribution >= 0.6 is 43.5 Å². The SMILES string of the molecule is COc1ccc(C(=O)Nc2cccc(Cl)c2Br)cc1Br. The van der Waals surface area contributed by atoms with Gasteiger partial charge in [0.1, 0.15) is 5.75 Å². The van der Waals surface area contributed by atoms with Crippen molar-refractivity contribution >= 4 is 55.1 Å². The highest BCUT2D eigenvalue weighted by Gasteiger charge is 2.11. The summed E-state index contributed by atoms with van der Waals surface area (Å²) >= 11 is 12.7. The Morgan fingerprint density at radius 2 is 2.00 bits per heavy atom. The van der Waals surface area contributed by atoms with Crippen molar-refractivity contribution in [3.05, 3.63) is 55.9 Å². The van der Waals surface area contributed by atoms with Gasteiger partial charge in [-0.3, -0.25) is 4.79 Å². The molecule has 0 radical (unpaired) electrons. The first-order valence-electron chi connectivity index (χ1n) is 5.62. The van der Waals surface area contributed by atoms with Crippen LogP contribution in [0.4, 0.5) is 5.69 Å². The molecular formula is C14H10Br2ClNO2. The van der Waals surface area contributed by atoms with Crippen LogP contribution in [0.5, 0.6) is 5.75 Å². The molecule has 104 valence electrons. The molecule has 1 amide bonds. The number of benzene rings is 2. The molecule has 0 aliphatic carbocycles. The van der Waals surface area contributed by atoms with Crippen molar-refractivity contribution in [1.82, 2.24) is 0 Å². The number of methoxy groups -OCH3 is 1. The highest BCUT2D eigenvalue weighted by atomic mass is 79.9. The minimum Gasteiger partial charge on any atom is -0.496 e. The van der Waals surface area contributed by atoms with Crippen LogP contribution in [0.15, 0.2) is 45.3 Å². The lowest BCUT2D eigenvalue weighted by Crippen LogP contribution is -2.12. The number of carbonyl (C=O) groups is 1. The average Bonchev–Trinajstić information content (AvgIpc) is 2.43. The predicted octanol–water partition coefficient (Wildman–Crippen LogP) is 5.13. The van der Waals surface area contributed by atoms with Gasteiger partial charge in [-0.15, -0.1) is 0 Å². The first-order chi connectivity index (χ1) is 9.52. The number of hydrogen-bond donors (Lipinski definition) is 1. The van der Waals surface area contributed by atoms with E-state index in [9.17, 15) is 4.79 Å². The number of amides is 1. The molecule has 0 bridgehead atoms. The predicted molar refractivity (Wildman–Crippen MR) is 87.8 cm³/mol. The maximum atomic E-state index is 12.2. The Balaban J connectivity index is 2.24. The van der Waals surface area contributed by atoms with Gasteiger partial charge < -0.3 is 10.1 Å². The average molecular weight is 420 g/mol. The molecule has 6 heteroatoms. The maximum Gasteiger partial charge on any atom is 0.255 e. The van der Waals surface area contributed by atoms with Gasteiger partial charge in [0.15, 0.2) is 0 Å². The third kappa shape index (κ3) is 3.34. The molecule has 1 N–H and O–H groups in total. The second-order valence-electron chi connectivity index (χ2n) is 3.90. The molecule has 2 rings (SSSR count). The molecule has 0 heterocycles. The van der Waals surface area contributed by atoms with Crippen LogP contribution in [0.25, 0.3) is 0 Å². The molecule has 0 fully saturated rings. The smallest absolute Gasteiger partial charge is 0.255 e. The third-order valence-electron chi connectivity index (χ3n) is 2.61. The molecule has 0 spiro atoms. The fourth-order valence-electron chi connectivity index (χ4n) is 1.60. The number of rotatable bonds is 3. The minimum atomic E-state index is -0.226. The van der Waals surface area contributed by atoms with Gasteiger partial charge in [0.05, 0.1) is 26.8 Å². The zero-order valence-corrected chi connectivity index (χ0v) is 14.3. The topological polar surface area (TPSA) is 38.3 Å². The standard InChI is InChI=1S/C14H10Br2ClNO2/c1-20-12-6-5-8(7-9(12)15)14(19)18-11-4-2-3-10(17)13(11)16/h2-7H,1H3,(H,18,19). The molecule has 20 heavy (non-hydrogen) atoms. The van der Waals surface area contributed by atoms with Crippen LogP contribution in [-0.4, -0.2) is 13.0 Å². The van der Waals surface area contributed by atoms with E-state index in [0.717, 1.165) is 4.47 Å². The lowest BCUT2D eigenvalue weighted by atomic mass is 10.2. The number of halogens is 3. The van der Waals surface area contributed by atoms with Gasteiger partial charge in [0, 0.05) is 5.56 Å². The van der Waals surface area contributed by atoms with Gasteiger partial charge in [0.25, 0.3) is 5.91 Å². The summed E-state index contributed by atoms with van der Waals surface area (Å²) in [6.45, 7) is 0. The van der Waals surface area contributed by atoms with Crippen LogP contribution in [0.1, 0.15) is 10.4 Å². The molecule has 2 aromatic carbocycles. The minimum absolute atomic E-state index is 0.226. The number of carbonyl (C=O) groups excluding carboxylic acids is 1. The van der Waals surface area contributed by atoms with Crippen LogP contribution < -0.4 is 10.1 Å². The maximum absolute atomic E-state index is 12.2. The lowest BCUT2D eigenvalue weighted by Gasteiger charge is -2.09. The summed E-state index contributed by atoms with van der Waals surface area (Å²) < 4.78 is 6.50. The summed E-state index contributed by atoms with van der Waals surface area (Å²) in [5.74, 6) is 0.446. The number of hydrogen-bond acceptors (Lipinski definition) is 2. The third-order valence-corrected chi connectivity index (χ3v) is 4.63. The van der Waals surface area contributed by atoms with Crippen LogP contribution in [0.2, 0.25) is 5.02 Å². The Labute approximate surface area is 138 Å². The molecule has 3 nitrogen and oxygen atoms in total. The lowest BCUT2D eigenvalue weighted by molar-refractivity contribution is 0.102. The molecule has 0 unspecified atom stereocenters. The van der Waals surface area contributed by atoms with E-state index in [0.29, 0.717) is 26.5 Å². The fourth-order valence-corrected chi connectivity index (χ4v) is 2.68. The highest BCUT2D eigenvalue weighted by Crippen LogP contribution is 2.31. The van der Waals surface area contributed by atoms with Crippen molar-refractivity contribution in [2.75, 3.05) is 12.4 Å². The second kappa shape index (κ2) is 6.61. The van der Waals surface area contributed by atoms with Crippen molar-refractivity contribution in [2.45, 2.75) is 0 Å². The van der Waals surface area contributed by atoms with Crippen molar-refractivity contribution in [2.24, 2.45) is 0 Å². The van der Waals surface area contributed by atoms with Crippen LogP contribution in [0.3, 0.4) is 0 Å². The summed E-state index contributed by atoms with van der Waals surface area (Å²) in [7, 11) is 1.57. The van der Waals surface area contributed by atoms with Gasteiger partial charge in [0.2, 0.25) is 0 Å². The largest absolute Gasteiger partial charge is 0.496 e. The molecule has 0 saturated heterocycles. The van der Waals surface area contributed by atoms with Gasteiger partial charge in [-0.1, -0.05) is 17.7 Å². The number of anilines is 1. The Morgan fingerprint density at radius 1 is 1.25 bits per heavy atom. The zero-order valence-electron chi connectivity index (χ0n) is 10.4. The molecular weight excluding hydrogens is 409 g/mol. The zero-order chi connectivity index (χ0) is 14.7. The van der Waals surface area contributed by atoms with E-state index in [4.69, 9.17) is 16.3 Å². The van der Waals surface area contributed by atoms with E-state index in [2.05, 4.69) is 37.2 Å². The van der Waals surface area contributed by atoms with E-state index in [1.54, 1.807) is 43.5 Å². The van der Waals surface area contributed by atoms with E-state index >= 15 is 0 Å². The molecule has 0 aromatic heterocycles. The summed E-state index contributed by atoms with van der Waals surface area (Å²) in [6.07, 6.45) is 0. The highest BCUT2D eigenvalue weighted by molar-refractivity contribution is 9.11. The first-order valence-corrected chi connectivity index (χ1v) is 7.58. The van der Waals surface area contributed by atoms with E-state index in [1.807, 2.05) is 0 Å². The Kier molecular flexibility index (Phi) is 5.07. The van der Waals surface area contributed by atoms with Crippen molar-refractivity contribution in [1.29, 1.82) is 0 Å². The summed E-state index contributed by atoms with van der Waals surface area (Å²) in [5, 5.41) is 3.34. The Morgan fingerprint density at radius 3 is 2.65 bits per heavy atom. The van der Waals surface area contributed by atoms with Crippen molar-refractivity contribution < 1.29 is 9.53 Å². The summed E-state index contributed by atoms with van der Waals surface area (Å²) in [6, 6.07) is 10.4. The van der Waals surface area contributed by atoms with Crippen molar-refractivity contribution in [3.8, 4) is 5.75 Å². The fraction of sp³-hybridized carbons (Fsp3) is 0.0714. The van der Waals surface area contributed by atoms with Gasteiger partial charge in [-0.05, 0) is 62.2 Å². The van der Waals surface area contributed by atoms with Crippen LogP contribution in [-0.2, 0) is 0 Å².